The number of nitrogens with zero attached hydrogens (tertiary/aromatic N) is 3. The molecular weight excluding hydrogens is 322 g/mol. The molecule has 1 aromatic carbocycles. The van der Waals surface area contributed by atoms with Crippen molar-refractivity contribution in [2.75, 3.05) is 19.7 Å². The Morgan fingerprint density at radius 1 is 1.33 bits per heavy atom. The van der Waals surface area contributed by atoms with Crippen LogP contribution in [0, 0.1) is 18.8 Å². The number of aliphatic hydroxyl groups is 1. The zero-order valence-corrected chi connectivity index (χ0v) is 14.2. The molecule has 0 amide bonds. The van der Waals surface area contributed by atoms with Gasteiger partial charge in [0.05, 0.1) is 6.61 Å². The van der Waals surface area contributed by atoms with Crippen LogP contribution in [0.4, 0.5) is 0 Å². The number of halogens is 1. The minimum Gasteiger partial charge on any atom is -0.395 e. The van der Waals surface area contributed by atoms with Gasteiger partial charge in [-0.2, -0.15) is 0 Å². The molecule has 0 spiro atoms. The van der Waals surface area contributed by atoms with E-state index in [1.807, 2.05) is 54.2 Å². The van der Waals surface area contributed by atoms with Gasteiger partial charge in [-0.05, 0) is 43.2 Å². The van der Waals surface area contributed by atoms with Crippen molar-refractivity contribution in [3.63, 3.8) is 0 Å². The van der Waals surface area contributed by atoms with E-state index < -0.39 is 0 Å². The number of hydrogen-bond donors (Lipinski definition) is 1. The first-order valence-corrected chi connectivity index (χ1v) is 8.11. The van der Waals surface area contributed by atoms with Gasteiger partial charge in [-0.25, -0.2) is 4.98 Å². The van der Waals surface area contributed by atoms with Gasteiger partial charge in [0.2, 0.25) is 0 Å². The van der Waals surface area contributed by atoms with E-state index in [1.165, 1.54) is 0 Å². The quantitative estimate of drug-likeness (QED) is 0.874. The summed E-state index contributed by atoms with van der Waals surface area (Å²) in [5, 5.41) is 9.66. The predicted octanol–water partition coefficient (Wildman–Crippen LogP) is 2.91. The van der Waals surface area contributed by atoms with Crippen LogP contribution in [0.2, 0.25) is 5.02 Å². The summed E-state index contributed by atoms with van der Waals surface area (Å²) < 4.78 is 2.02. The molecule has 2 aromatic rings. The number of aliphatic hydroxyl groups excluding tert-OH is 1. The smallest absolute Gasteiger partial charge is 0.132 e. The molecule has 4 nitrogen and oxygen atoms in total. The van der Waals surface area contributed by atoms with Crippen molar-refractivity contribution < 1.29 is 5.11 Å². The molecule has 0 saturated heterocycles. The standard InChI is InChI=1S/C19H18ClN3O/c1-15-21-18(6-5-16-3-2-4-17(20)13-16)14-23(15)19-7-9-22(10-8-19)11-12-24/h2-4,7-9,13-14,24H,10-12H2,1H3. The van der Waals surface area contributed by atoms with Crippen molar-refractivity contribution in [2.45, 2.75) is 6.92 Å². The van der Waals surface area contributed by atoms with Crippen LogP contribution in [-0.2, 0) is 0 Å². The van der Waals surface area contributed by atoms with Crippen molar-refractivity contribution in [3.05, 3.63) is 70.9 Å². The Morgan fingerprint density at radius 3 is 2.92 bits per heavy atom. The van der Waals surface area contributed by atoms with E-state index in [0.29, 0.717) is 11.6 Å². The lowest BCUT2D eigenvalue weighted by molar-refractivity contribution is 0.245. The Labute approximate surface area is 146 Å². The molecule has 1 aliphatic heterocycles. The molecule has 0 fully saturated rings. The Kier molecular flexibility index (Phi) is 5.05. The fourth-order valence-corrected chi connectivity index (χ4v) is 2.68. The summed E-state index contributed by atoms with van der Waals surface area (Å²) in [5.41, 5.74) is 2.65. The molecule has 3 rings (SSSR count). The van der Waals surface area contributed by atoms with Crippen molar-refractivity contribution in [1.29, 1.82) is 0 Å². The van der Waals surface area contributed by atoms with Crippen LogP contribution in [0.1, 0.15) is 17.1 Å². The Hall–Kier alpha value is -2.48. The maximum Gasteiger partial charge on any atom is 0.132 e. The zero-order valence-electron chi connectivity index (χ0n) is 13.4. The van der Waals surface area contributed by atoms with Gasteiger partial charge in [0, 0.05) is 41.8 Å². The topological polar surface area (TPSA) is 41.3 Å². The van der Waals surface area contributed by atoms with E-state index in [0.717, 1.165) is 29.3 Å². The molecule has 5 heteroatoms. The van der Waals surface area contributed by atoms with Crippen molar-refractivity contribution in [2.24, 2.45) is 0 Å². The number of β-amino-alcohol motifs (C(OH)–C–C–N with tert-alkyl or cyclic N) is 1. The van der Waals surface area contributed by atoms with Crippen molar-refractivity contribution in [1.82, 2.24) is 14.5 Å². The van der Waals surface area contributed by atoms with Gasteiger partial charge in [-0.3, -0.25) is 0 Å². The lowest BCUT2D eigenvalue weighted by Gasteiger charge is -2.22. The molecule has 0 atom stereocenters. The van der Waals surface area contributed by atoms with Gasteiger partial charge < -0.3 is 14.6 Å². The summed E-state index contributed by atoms with van der Waals surface area (Å²) in [6, 6.07) is 7.46. The van der Waals surface area contributed by atoms with Crippen LogP contribution in [0.5, 0.6) is 0 Å². The third kappa shape index (κ3) is 3.88. The molecule has 2 heterocycles. The Morgan fingerprint density at radius 2 is 2.21 bits per heavy atom. The van der Waals surface area contributed by atoms with Crippen LogP contribution in [0.3, 0.4) is 0 Å². The first-order valence-electron chi connectivity index (χ1n) is 7.73. The number of aromatic nitrogens is 2. The second-order valence-electron chi connectivity index (χ2n) is 5.47. The monoisotopic (exact) mass is 339 g/mol. The number of allylic oxidation sites excluding steroid dienone is 2. The van der Waals surface area contributed by atoms with Crippen molar-refractivity contribution >= 4 is 17.3 Å². The van der Waals surface area contributed by atoms with Gasteiger partial charge in [0.15, 0.2) is 0 Å². The summed E-state index contributed by atoms with van der Waals surface area (Å²) in [6.45, 7) is 3.52. The second kappa shape index (κ2) is 7.39. The predicted molar refractivity (Wildman–Crippen MR) is 96.5 cm³/mol. The maximum atomic E-state index is 8.98. The maximum absolute atomic E-state index is 8.98. The number of hydrogen-bond acceptors (Lipinski definition) is 3. The average molecular weight is 340 g/mol. The number of aryl methyl sites for hydroxylation is 1. The van der Waals surface area contributed by atoms with Crippen LogP contribution >= 0.6 is 11.6 Å². The number of benzene rings is 1. The molecule has 1 aromatic heterocycles. The molecule has 0 saturated carbocycles. The van der Waals surface area contributed by atoms with Gasteiger partial charge >= 0.3 is 0 Å². The van der Waals surface area contributed by atoms with Gasteiger partial charge in [0.1, 0.15) is 11.5 Å². The molecule has 0 bridgehead atoms. The second-order valence-corrected chi connectivity index (χ2v) is 5.90. The largest absolute Gasteiger partial charge is 0.395 e. The highest BCUT2D eigenvalue weighted by Crippen LogP contribution is 2.16. The van der Waals surface area contributed by atoms with Crippen LogP contribution in [-0.4, -0.2) is 39.3 Å². The molecule has 0 radical (unpaired) electrons. The first kappa shape index (κ1) is 16.4. The van der Waals surface area contributed by atoms with Gasteiger partial charge in [0.25, 0.3) is 0 Å². The van der Waals surface area contributed by atoms with E-state index in [-0.39, 0.29) is 6.61 Å². The lowest BCUT2D eigenvalue weighted by atomic mass is 10.2. The average Bonchev–Trinajstić information content (AvgIpc) is 2.95. The summed E-state index contributed by atoms with van der Waals surface area (Å²) in [6.07, 6.45) is 8.05. The summed E-state index contributed by atoms with van der Waals surface area (Å²) in [4.78, 5) is 6.56. The highest BCUT2D eigenvalue weighted by atomic mass is 35.5. The van der Waals surface area contributed by atoms with Crippen LogP contribution in [0.25, 0.3) is 5.70 Å². The molecular formula is C19H18ClN3O. The Bertz CT molecular complexity index is 855. The minimum absolute atomic E-state index is 0.154. The van der Waals surface area contributed by atoms with E-state index in [4.69, 9.17) is 16.7 Å². The SMILES string of the molecule is Cc1nc(C#Cc2cccc(Cl)c2)cn1C1=CCN(CCO)C=C1. The number of imidazole rings is 1. The summed E-state index contributed by atoms with van der Waals surface area (Å²) in [5.74, 6) is 7.05. The molecule has 24 heavy (non-hydrogen) atoms. The van der Waals surface area contributed by atoms with Crippen LogP contribution < -0.4 is 0 Å². The number of rotatable bonds is 3. The highest BCUT2D eigenvalue weighted by Gasteiger charge is 2.09. The first-order chi connectivity index (χ1) is 11.7. The van der Waals surface area contributed by atoms with Crippen LogP contribution in [0.15, 0.2) is 48.8 Å². The molecule has 0 aliphatic carbocycles. The van der Waals surface area contributed by atoms with Crippen molar-refractivity contribution in [3.8, 4) is 11.8 Å². The fourth-order valence-electron chi connectivity index (χ4n) is 2.49. The molecule has 1 N–H and O–H groups in total. The highest BCUT2D eigenvalue weighted by molar-refractivity contribution is 6.30. The van der Waals surface area contributed by atoms with E-state index >= 15 is 0 Å². The normalized spacial score (nSPS) is 13.5. The van der Waals surface area contributed by atoms with Gasteiger partial charge in [-0.15, -0.1) is 0 Å². The molecule has 1 aliphatic rings. The zero-order chi connectivity index (χ0) is 16.9. The van der Waals surface area contributed by atoms with Gasteiger partial charge in [-0.1, -0.05) is 23.6 Å². The summed E-state index contributed by atoms with van der Waals surface area (Å²) >= 11 is 5.97. The lowest BCUT2D eigenvalue weighted by Crippen LogP contribution is -2.23. The summed E-state index contributed by atoms with van der Waals surface area (Å²) in [7, 11) is 0. The minimum atomic E-state index is 0.154. The fraction of sp³-hybridized carbons (Fsp3) is 0.211. The van der Waals surface area contributed by atoms with E-state index in [1.54, 1.807) is 0 Å². The Balaban J connectivity index is 1.78. The third-order valence-electron chi connectivity index (χ3n) is 3.70. The van der Waals surface area contributed by atoms with E-state index in [9.17, 15) is 0 Å². The van der Waals surface area contributed by atoms with E-state index in [2.05, 4.69) is 27.8 Å². The molecule has 0 unspecified atom stereocenters. The third-order valence-corrected chi connectivity index (χ3v) is 3.93. The molecule has 122 valence electrons.